The van der Waals surface area contributed by atoms with Gasteiger partial charge in [0.15, 0.2) is 0 Å². The third-order valence-electron chi connectivity index (χ3n) is 6.53. The minimum Gasteiger partial charge on any atom is -0.434 e. The Hall–Kier alpha value is -0.810. The molecule has 5 nitrogen and oxygen atoms in total. The molecular weight excluding hydrogens is 426 g/mol. The Morgan fingerprint density at radius 3 is 1.68 bits per heavy atom. The van der Waals surface area contributed by atoms with Gasteiger partial charge in [0, 0.05) is 6.54 Å². The molecule has 204 valence electrons. The SMILES string of the molecule is CCCCCCCCCCCC(CCCCCC)OC(=O)OCCCCCCCCNCCO. The molecule has 0 aromatic heterocycles. The summed E-state index contributed by atoms with van der Waals surface area (Å²) in [4.78, 5) is 12.2. The molecule has 0 bridgehead atoms. The molecule has 1 unspecified atom stereocenters. The number of aliphatic hydroxyl groups excluding tert-OH is 1. The molecule has 0 aliphatic carbocycles. The normalized spacial score (nSPS) is 12.1. The molecule has 1 atom stereocenters. The van der Waals surface area contributed by atoms with Gasteiger partial charge in [0.2, 0.25) is 0 Å². The van der Waals surface area contributed by atoms with Gasteiger partial charge in [-0.25, -0.2) is 4.79 Å². The summed E-state index contributed by atoms with van der Waals surface area (Å²) in [6, 6.07) is 0. The Bertz CT molecular complexity index is 406. The summed E-state index contributed by atoms with van der Waals surface area (Å²) in [5, 5.41) is 11.9. The summed E-state index contributed by atoms with van der Waals surface area (Å²) in [6.07, 6.45) is 25.0. The van der Waals surface area contributed by atoms with Crippen molar-refractivity contribution in [3.8, 4) is 0 Å². The molecule has 0 aromatic carbocycles. The van der Waals surface area contributed by atoms with E-state index < -0.39 is 6.16 Å². The number of ether oxygens (including phenoxy) is 2. The molecule has 0 aliphatic rings. The van der Waals surface area contributed by atoms with E-state index in [1.807, 2.05) is 0 Å². The molecular formula is C29H59NO4. The highest BCUT2D eigenvalue weighted by Crippen LogP contribution is 2.17. The molecule has 5 heteroatoms. The van der Waals surface area contributed by atoms with Gasteiger partial charge in [-0.15, -0.1) is 0 Å². The van der Waals surface area contributed by atoms with Gasteiger partial charge in [-0.05, 0) is 45.1 Å². The minimum absolute atomic E-state index is 0.0216. The van der Waals surface area contributed by atoms with Crippen molar-refractivity contribution in [2.75, 3.05) is 26.3 Å². The third kappa shape index (κ3) is 25.8. The molecule has 34 heavy (non-hydrogen) atoms. The van der Waals surface area contributed by atoms with Crippen molar-refractivity contribution in [2.45, 2.75) is 155 Å². The van der Waals surface area contributed by atoms with Crippen LogP contribution in [0.25, 0.3) is 0 Å². The Morgan fingerprint density at radius 2 is 1.12 bits per heavy atom. The van der Waals surface area contributed by atoms with Crippen LogP contribution in [0.5, 0.6) is 0 Å². The molecule has 2 N–H and O–H groups in total. The van der Waals surface area contributed by atoms with Crippen LogP contribution in [-0.2, 0) is 9.47 Å². The van der Waals surface area contributed by atoms with Crippen LogP contribution >= 0.6 is 0 Å². The van der Waals surface area contributed by atoms with E-state index in [9.17, 15) is 4.79 Å². The van der Waals surface area contributed by atoms with Crippen LogP contribution in [0.1, 0.15) is 149 Å². The smallest absolute Gasteiger partial charge is 0.434 e. The van der Waals surface area contributed by atoms with E-state index in [1.165, 1.54) is 89.9 Å². The lowest BCUT2D eigenvalue weighted by atomic mass is 10.0. The second-order valence-electron chi connectivity index (χ2n) is 9.90. The lowest BCUT2D eigenvalue weighted by Gasteiger charge is -2.18. The average molecular weight is 486 g/mol. The Morgan fingerprint density at radius 1 is 0.647 bits per heavy atom. The molecule has 0 rings (SSSR count). The maximum atomic E-state index is 12.2. The first-order valence-corrected chi connectivity index (χ1v) is 14.9. The molecule has 0 aromatic rings. The molecule has 0 fully saturated rings. The number of aliphatic hydroxyl groups is 1. The first-order chi connectivity index (χ1) is 16.7. The molecule has 0 amide bonds. The Kier molecular flexibility index (Phi) is 27.8. The summed E-state index contributed by atoms with van der Waals surface area (Å²) in [6.45, 7) is 6.84. The van der Waals surface area contributed by atoms with Crippen molar-refractivity contribution in [1.29, 1.82) is 0 Å². The van der Waals surface area contributed by atoms with Crippen molar-refractivity contribution in [3.05, 3.63) is 0 Å². The van der Waals surface area contributed by atoms with Gasteiger partial charge in [0.25, 0.3) is 0 Å². The Balaban J connectivity index is 3.83. The highest BCUT2D eigenvalue weighted by Gasteiger charge is 2.15. The predicted octanol–water partition coefficient (Wildman–Crippen LogP) is 8.32. The predicted molar refractivity (Wildman–Crippen MR) is 144 cm³/mol. The topological polar surface area (TPSA) is 67.8 Å². The molecule has 0 radical (unpaired) electrons. The van der Waals surface area contributed by atoms with E-state index in [-0.39, 0.29) is 12.7 Å². The summed E-state index contributed by atoms with van der Waals surface area (Å²) >= 11 is 0. The first-order valence-electron chi connectivity index (χ1n) is 14.9. The summed E-state index contributed by atoms with van der Waals surface area (Å²) < 4.78 is 11.1. The van der Waals surface area contributed by atoms with Gasteiger partial charge in [-0.2, -0.15) is 0 Å². The molecule has 0 heterocycles. The van der Waals surface area contributed by atoms with E-state index in [4.69, 9.17) is 14.6 Å². The number of nitrogens with one attached hydrogen (secondary N) is 1. The van der Waals surface area contributed by atoms with Gasteiger partial charge in [0.1, 0.15) is 6.10 Å². The van der Waals surface area contributed by atoms with Crippen LogP contribution in [0, 0.1) is 0 Å². The van der Waals surface area contributed by atoms with E-state index in [0.717, 1.165) is 51.5 Å². The second-order valence-corrected chi connectivity index (χ2v) is 9.90. The van der Waals surface area contributed by atoms with E-state index in [0.29, 0.717) is 13.2 Å². The summed E-state index contributed by atoms with van der Waals surface area (Å²) in [5.74, 6) is 0. The molecule has 0 spiro atoms. The minimum atomic E-state index is -0.466. The van der Waals surface area contributed by atoms with Crippen molar-refractivity contribution >= 4 is 6.16 Å². The number of rotatable bonds is 27. The van der Waals surface area contributed by atoms with Crippen molar-refractivity contribution in [1.82, 2.24) is 5.32 Å². The molecule has 0 aliphatic heterocycles. The lowest BCUT2D eigenvalue weighted by Crippen LogP contribution is -2.19. The number of hydrogen-bond acceptors (Lipinski definition) is 5. The number of carbonyl (C=O) groups excluding carboxylic acids is 1. The number of carbonyl (C=O) groups is 1. The molecule has 0 saturated heterocycles. The van der Waals surface area contributed by atoms with Crippen molar-refractivity contribution in [2.24, 2.45) is 0 Å². The maximum absolute atomic E-state index is 12.2. The standard InChI is InChI=1S/C29H59NO4/c1-3-5-7-9-10-11-12-15-19-23-28(22-18-8-6-4-2)34-29(32)33-27-21-17-14-13-16-20-24-30-25-26-31/h28,30-31H,3-27H2,1-2H3. The van der Waals surface area contributed by atoms with E-state index >= 15 is 0 Å². The van der Waals surface area contributed by atoms with Gasteiger partial charge >= 0.3 is 6.16 Å². The van der Waals surface area contributed by atoms with Crippen LogP contribution < -0.4 is 5.32 Å². The highest BCUT2D eigenvalue weighted by molar-refractivity contribution is 5.60. The second kappa shape index (κ2) is 28.4. The summed E-state index contributed by atoms with van der Waals surface area (Å²) in [7, 11) is 0. The van der Waals surface area contributed by atoms with Crippen molar-refractivity contribution in [3.63, 3.8) is 0 Å². The monoisotopic (exact) mass is 485 g/mol. The average Bonchev–Trinajstić information content (AvgIpc) is 2.84. The summed E-state index contributed by atoms with van der Waals surface area (Å²) in [5.41, 5.74) is 0. The number of hydrogen-bond donors (Lipinski definition) is 2. The van der Waals surface area contributed by atoms with Crippen LogP contribution in [0.3, 0.4) is 0 Å². The fourth-order valence-electron chi connectivity index (χ4n) is 4.33. The van der Waals surface area contributed by atoms with Gasteiger partial charge in [0.05, 0.1) is 13.2 Å². The van der Waals surface area contributed by atoms with Gasteiger partial charge < -0.3 is 19.9 Å². The zero-order valence-corrected chi connectivity index (χ0v) is 22.9. The van der Waals surface area contributed by atoms with E-state index in [1.54, 1.807) is 0 Å². The first kappa shape index (κ1) is 33.2. The molecule has 0 saturated carbocycles. The quantitative estimate of drug-likeness (QED) is 0.0904. The fraction of sp³-hybridized carbons (Fsp3) is 0.966. The van der Waals surface area contributed by atoms with Crippen LogP contribution in [-0.4, -0.2) is 43.7 Å². The zero-order chi connectivity index (χ0) is 25.0. The van der Waals surface area contributed by atoms with Gasteiger partial charge in [-0.1, -0.05) is 110 Å². The largest absolute Gasteiger partial charge is 0.508 e. The van der Waals surface area contributed by atoms with Gasteiger partial charge in [-0.3, -0.25) is 0 Å². The van der Waals surface area contributed by atoms with Crippen LogP contribution in [0.2, 0.25) is 0 Å². The maximum Gasteiger partial charge on any atom is 0.508 e. The Labute approximate surface area is 212 Å². The lowest BCUT2D eigenvalue weighted by molar-refractivity contribution is 0.0154. The van der Waals surface area contributed by atoms with Crippen LogP contribution in [0.4, 0.5) is 4.79 Å². The van der Waals surface area contributed by atoms with Crippen molar-refractivity contribution < 1.29 is 19.4 Å². The van der Waals surface area contributed by atoms with E-state index in [2.05, 4.69) is 19.2 Å². The number of unbranched alkanes of at least 4 members (excludes halogenated alkanes) is 16. The zero-order valence-electron chi connectivity index (χ0n) is 22.9. The fourth-order valence-corrected chi connectivity index (χ4v) is 4.33. The highest BCUT2D eigenvalue weighted by atomic mass is 16.7. The third-order valence-corrected chi connectivity index (χ3v) is 6.53. The van der Waals surface area contributed by atoms with Crippen LogP contribution in [0.15, 0.2) is 0 Å².